The first-order valence-electron chi connectivity index (χ1n) is 4.87. The van der Waals surface area contributed by atoms with Crippen LogP contribution in [0.1, 0.15) is 16.1 Å². The van der Waals surface area contributed by atoms with Crippen molar-refractivity contribution in [2.45, 2.75) is 6.92 Å². The molecule has 0 spiro atoms. The van der Waals surface area contributed by atoms with Crippen LogP contribution in [0.3, 0.4) is 0 Å². The summed E-state index contributed by atoms with van der Waals surface area (Å²) < 4.78 is 0.630. The Balaban J connectivity index is 2.20. The van der Waals surface area contributed by atoms with Gasteiger partial charge in [0.25, 0.3) is 5.91 Å². The number of aryl methyl sites for hydroxylation is 1. The molecule has 6 heteroatoms. The number of aromatic nitrogens is 3. The maximum absolute atomic E-state index is 11.9. The second kappa shape index (κ2) is 5.01. The lowest BCUT2D eigenvalue weighted by molar-refractivity contribution is 0.102. The predicted octanol–water partition coefficient (Wildman–Crippen LogP) is 2.19. The summed E-state index contributed by atoms with van der Waals surface area (Å²) in [5.41, 5.74) is 1.29. The fourth-order valence-electron chi connectivity index (χ4n) is 1.24. The summed E-state index contributed by atoms with van der Waals surface area (Å²) in [7, 11) is 0. The second-order valence-corrected chi connectivity index (χ2v) is 4.19. The summed E-state index contributed by atoms with van der Waals surface area (Å²) in [6, 6.07) is 3.38. The van der Waals surface area contributed by atoms with Crippen molar-refractivity contribution < 1.29 is 4.79 Å². The van der Waals surface area contributed by atoms with Crippen LogP contribution in [0.2, 0.25) is 0 Å². The number of pyridine rings is 1. The normalized spacial score (nSPS) is 10.0. The van der Waals surface area contributed by atoms with Crippen molar-refractivity contribution in [2.24, 2.45) is 0 Å². The summed E-state index contributed by atoms with van der Waals surface area (Å²) in [4.78, 5) is 23.8. The summed E-state index contributed by atoms with van der Waals surface area (Å²) >= 11 is 3.26. The molecule has 0 aromatic carbocycles. The lowest BCUT2D eigenvalue weighted by Gasteiger charge is -2.05. The third-order valence-electron chi connectivity index (χ3n) is 2.04. The minimum absolute atomic E-state index is 0.273. The van der Waals surface area contributed by atoms with E-state index in [1.165, 1.54) is 0 Å². The van der Waals surface area contributed by atoms with E-state index >= 15 is 0 Å². The first-order valence-corrected chi connectivity index (χ1v) is 5.66. The number of carbonyl (C=O) groups excluding carboxylic acids is 1. The van der Waals surface area contributed by atoms with Gasteiger partial charge in [-0.3, -0.25) is 15.1 Å². The van der Waals surface area contributed by atoms with Gasteiger partial charge in [0.2, 0.25) is 5.95 Å². The molecule has 0 aliphatic heterocycles. The number of hydrogen-bond donors (Lipinski definition) is 1. The van der Waals surface area contributed by atoms with Crippen molar-refractivity contribution >= 4 is 27.8 Å². The van der Waals surface area contributed by atoms with Gasteiger partial charge in [-0.1, -0.05) is 0 Å². The van der Waals surface area contributed by atoms with Crippen LogP contribution in [0, 0.1) is 6.92 Å². The van der Waals surface area contributed by atoms with Gasteiger partial charge in [0.15, 0.2) is 0 Å². The minimum atomic E-state index is -0.273. The average Bonchev–Trinajstić information content (AvgIpc) is 2.29. The van der Waals surface area contributed by atoms with Gasteiger partial charge in [0.1, 0.15) is 0 Å². The van der Waals surface area contributed by atoms with Crippen LogP contribution in [-0.2, 0) is 0 Å². The van der Waals surface area contributed by atoms with Crippen molar-refractivity contribution in [1.82, 2.24) is 15.0 Å². The summed E-state index contributed by atoms with van der Waals surface area (Å²) in [5.74, 6) is 0.0172. The maximum atomic E-state index is 11.9. The number of nitrogens with one attached hydrogen (secondary N) is 1. The van der Waals surface area contributed by atoms with Gasteiger partial charge in [-0.25, -0.2) is 9.97 Å². The van der Waals surface area contributed by atoms with E-state index in [9.17, 15) is 4.79 Å². The molecule has 0 radical (unpaired) electrons. The fraction of sp³-hybridized carbons (Fsp3) is 0.0909. The number of hydrogen-bond acceptors (Lipinski definition) is 4. The largest absolute Gasteiger partial charge is 0.290 e. The monoisotopic (exact) mass is 292 g/mol. The quantitative estimate of drug-likeness (QED) is 0.921. The zero-order valence-corrected chi connectivity index (χ0v) is 10.6. The molecule has 1 amide bonds. The first-order chi connectivity index (χ1) is 8.16. The number of rotatable bonds is 2. The van der Waals surface area contributed by atoms with E-state index in [-0.39, 0.29) is 5.91 Å². The van der Waals surface area contributed by atoms with Gasteiger partial charge < -0.3 is 0 Å². The van der Waals surface area contributed by atoms with E-state index in [1.807, 2.05) is 6.92 Å². The first kappa shape index (κ1) is 11.7. The molecule has 0 saturated heterocycles. The van der Waals surface area contributed by atoms with Crippen LogP contribution < -0.4 is 5.32 Å². The Kier molecular flexibility index (Phi) is 3.43. The summed E-state index contributed by atoms with van der Waals surface area (Å²) in [6.07, 6.45) is 4.71. The topological polar surface area (TPSA) is 67.8 Å². The Hall–Kier alpha value is -1.82. The molecule has 17 heavy (non-hydrogen) atoms. The van der Waals surface area contributed by atoms with Gasteiger partial charge in [-0.05, 0) is 35.0 Å². The van der Waals surface area contributed by atoms with Gasteiger partial charge in [0.05, 0.1) is 5.56 Å². The molecule has 0 unspecified atom stereocenters. The third-order valence-corrected chi connectivity index (χ3v) is 2.67. The smallest absolute Gasteiger partial charge is 0.259 e. The Labute approximate surface area is 106 Å². The summed E-state index contributed by atoms with van der Waals surface area (Å²) in [5, 5.41) is 2.62. The molecule has 86 valence electrons. The molecule has 5 nitrogen and oxygen atoms in total. The lowest BCUT2D eigenvalue weighted by atomic mass is 10.2. The number of amides is 1. The highest BCUT2D eigenvalue weighted by atomic mass is 79.9. The molecule has 0 fully saturated rings. The average molecular weight is 293 g/mol. The Morgan fingerprint density at radius 3 is 2.88 bits per heavy atom. The third kappa shape index (κ3) is 2.85. The molecule has 2 aromatic rings. The van der Waals surface area contributed by atoms with Crippen LogP contribution in [0.4, 0.5) is 5.95 Å². The van der Waals surface area contributed by atoms with E-state index < -0.39 is 0 Å². The Bertz CT molecular complexity index is 559. The summed E-state index contributed by atoms with van der Waals surface area (Å²) in [6.45, 7) is 1.83. The van der Waals surface area contributed by atoms with Crippen molar-refractivity contribution in [3.63, 3.8) is 0 Å². The van der Waals surface area contributed by atoms with Crippen LogP contribution in [-0.4, -0.2) is 20.9 Å². The van der Waals surface area contributed by atoms with E-state index in [1.54, 1.807) is 30.7 Å². The van der Waals surface area contributed by atoms with E-state index in [2.05, 4.69) is 36.2 Å². The maximum Gasteiger partial charge on any atom is 0.259 e. The number of anilines is 1. The van der Waals surface area contributed by atoms with Crippen molar-refractivity contribution in [2.75, 3.05) is 5.32 Å². The van der Waals surface area contributed by atoms with Gasteiger partial charge >= 0.3 is 0 Å². The van der Waals surface area contributed by atoms with E-state index in [4.69, 9.17) is 0 Å². The highest BCUT2D eigenvalue weighted by Crippen LogP contribution is 2.15. The molecule has 0 aliphatic rings. The molecular weight excluding hydrogens is 284 g/mol. The highest BCUT2D eigenvalue weighted by Gasteiger charge is 2.10. The molecule has 1 N–H and O–H groups in total. The highest BCUT2D eigenvalue weighted by molar-refractivity contribution is 9.10. The van der Waals surface area contributed by atoms with Gasteiger partial charge in [-0.15, -0.1) is 0 Å². The predicted molar refractivity (Wildman–Crippen MR) is 66.7 cm³/mol. The van der Waals surface area contributed by atoms with Gasteiger partial charge in [-0.2, -0.15) is 0 Å². The van der Waals surface area contributed by atoms with Crippen LogP contribution in [0.5, 0.6) is 0 Å². The van der Waals surface area contributed by atoms with E-state index in [0.29, 0.717) is 16.0 Å². The molecular formula is C11H9BrN4O. The molecule has 0 saturated carbocycles. The molecule has 2 rings (SSSR count). The van der Waals surface area contributed by atoms with Gasteiger partial charge in [0, 0.05) is 28.8 Å². The van der Waals surface area contributed by atoms with E-state index in [0.717, 1.165) is 5.69 Å². The molecule has 2 heterocycles. The molecule has 0 bridgehead atoms. The van der Waals surface area contributed by atoms with Crippen molar-refractivity contribution in [3.8, 4) is 0 Å². The second-order valence-electron chi connectivity index (χ2n) is 3.33. The fourth-order valence-corrected chi connectivity index (χ4v) is 1.67. The zero-order chi connectivity index (χ0) is 12.3. The Morgan fingerprint density at radius 1 is 1.35 bits per heavy atom. The number of nitrogens with zero attached hydrogens (tertiary/aromatic N) is 3. The minimum Gasteiger partial charge on any atom is -0.290 e. The van der Waals surface area contributed by atoms with Crippen molar-refractivity contribution in [3.05, 3.63) is 46.5 Å². The zero-order valence-electron chi connectivity index (χ0n) is 9.01. The van der Waals surface area contributed by atoms with Crippen LogP contribution >= 0.6 is 15.9 Å². The molecule has 0 atom stereocenters. The van der Waals surface area contributed by atoms with Crippen LogP contribution in [0.15, 0.2) is 35.2 Å². The Morgan fingerprint density at radius 2 is 2.18 bits per heavy atom. The number of carbonyl (C=O) groups is 1. The number of halogens is 1. The lowest BCUT2D eigenvalue weighted by Crippen LogP contribution is -2.15. The van der Waals surface area contributed by atoms with Crippen LogP contribution in [0.25, 0.3) is 0 Å². The molecule has 0 aliphatic carbocycles. The molecule has 2 aromatic heterocycles. The standard InChI is InChI=1S/C11H9BrN4O/c1-7-2-5-14-11(15-7)16-10(17)8-3-4-13-6-9(8)12/h2-6H,1H3,(H,14,15,16,17). The SMILES string of the molecule is Cc1ccnc(NC(=O)c2ccncc2Br)n1. The van der Waals surface area contributed by atoms with Crippen molar-refractivity contribution in [1.29, 1.82) is 0 Å².